The Hall–Kier alpha value is -0.260. The minimum absolute atomic E-state index is 0. The van der Waals surface area contributed by atoms with E-state index >= 15 is 0 Å². The van der Waals surface area contributed by atoms with E-state index < -0.39 is 18.5 Å². The van der Waals surface area contributed by atoms with Crippen molar-refractivity contribution in [1.82, 2.24) is 0 Å². The number of carboxylic acids is 1. The van der Waals surface area contributed by atoms with Gasteiger partial charge in [0.1, 0.15) is 0 Å². The van der Waals surface area contributed by atoms with Crippen LogP contribution < -0.4 is 34.7 Å². The van der Waals surface area contributed by atoms with Crippen LogP contribution in [0.2, 0.25) is 0 Å². The maximum atomic E-state index is 9.77. The van der Waals surface area contributed by atoms with Crippen LogP contribution in [0.1, 0.15) is 6.42 Å². The fourth-order valence-electron chi connectivity index (χ4n) is 0.388. The number of carboxylic acid groups (broad SMARTS) is 1. The van der Waals surface area contributed by atoms with E-state index in [1.807, 2.05) is 0 Å². The van der Waals surface area contributed by atoms with Gasteiger partial charge >= 0.3 is 29.6 Å². The summed E-state index contributed by atoms with van der Waals surface area (Å²) in [5.41, 5.74) is 7.73. The molecule has 56 valence electrons. The van der Waals surface area contributed by atoms with Gasteiger partial charge in [-0.3, -0.25) is 0 Å². The summed E-state index contributed by atoms with van der Waals surface area (Å²) in [5, 5.41) is 21.4. The van der Waals surface area contributed by atoms with Crippen molar-refractivity contribution in [2.24, 2.45) is 5.11 Å². The van der Waals surface area contributed by atoms with Crippen molar-refractivity contribution in [3.63, 3.8) is 0 Å². The molecule has 0 saturated carbocycles. The standard InChI is InChI=1S/C4H7N3O3.Na/c5-7-6-2-3(8)1-4(9)10;/h3,8H,1-2H2,(H,9,10);/q;+1/p-1/t3-;/m1./s1. The van der Waals surface area contributed by atoms with Crippen molar-refractivity contribution >= 4 is 5.97 Å². The van der Waals surface area contributed by atoms with Gasteiger partial charge in [0.05, 0.1) is 12.6 Å². The molecule has 0 aliphatic carbocycles. The van der Waals surface area contributed by atoms with Gasteiger partial charge in [0.25, 0.3) is 0 Å². The molecule has 1 atom stereocenters. The molecule has 0 heterocycles. The van der Waals surface area contributed by atoms with Gasteiger partial charge < -0.3 is 15.0 Å². The topological polar surface area (TPSA) is 109 Å². The molecule has 1 N–H and O–H groups in total. The molecule has 0 amide bonds. The third-order valence-corrected chi connectivity index (χ3v) is 0.758. The number of aliphatic hydroxyl groups excluding tert-OH is 1. The van der Waals surface area contributed by atoms with Crippen molar-refractivity contribution in [1.29, 1.82) is 0 Å². The maximum Gasteiger partial charge on any atom is 1.00 e. The first-order valence-corrected chi connectivity index (χ1v) is 2.55. The molecule has 0 unspecified atom stereocenters. The van der Waals surface area contributed by atoms with Crippen LogP contribution in [-0.4, -0.2) is 23.7 Å². The molecular formula is C4H6N3NaO3. The van der Waals surface area contributed by atoms with Gasteiger partial charge in [0, 0.05) is 17.3 Å². The molecule has 11 heavy (non-hydrogen) atoms. The molecule has 0 aromatic heterocycles. The first-order valence-electron chi connectivity index (χ1n) is 2.55. The van der Waals surface area contributed by atoms with E-state index in [2.05, 4.69) is 10.0 Å². The molecule has 0 radical (unpaired) electrons. The Kier molecular flexibility index (Phi) is 9.51. The molecule has 0 aliphatic heterocycles. The van der Waals surface area contributed by atoms with E-state index in [0.717, 1.165) is 0 Å². The normalized spacial score (nSPS) is 10.6. The molecule has 0 saturated heterocycles. The van der Waals surface area contributed by atoms with E-state index in [-0.39, 0.29) is 36.1 Å². The minimum Gasteiger partial charge on any atom is -0.550 e. The van der Waals surface area contributed by atoms with Gasteiger partial charge in [-0.1, -0.05) is 5.11 Å². The SMILES string of the molecule is [N-]=[N+]=NC[C@H](O)CC(=O)[O-].[Na+]. The van der Waals surface area contributed by atoms with Crippen LogP contribution in [0.4, 0.5) is 0 Å². The molecule has 0 rings (SSSR count). The Bertz CT molecular complexity index is 164. The van der Waals surface area contributed by atoms with Gasteiger partial charge in [-0.05, 0) is 5.53 Å². The van der Waals surface area contributed by atoms with E-state index in [4.69, 9.17) is 10.6 Å². The Morgan fingerprint density at radius 1 is 1.82 bits per heavy atom. The summed E-state index contributed by atoms with van der Waals surface area (Å²) in [6, 6.07) is 0. The zero-order valence-electron chi connectivity index (χ0n) is 6.10. The molecular weight excluding hydrogens is 161 g/mol. The number of carbonyl (C=O) groups is 1. The van der Waals surface area contributed by atoms with Crippen LogP contribution >= 0.6 is 0 Å². The number of hydrogen-bond acceptors (Lipinski definition) is 4. The summed E-state index contributed by atoms with van der Waals surface area (Å²) in [6.45, 7) is -0.232. The molecule has 0 spiro atoms. The van der Waals surface area contributed by atoms with Crippen molar-refractivity contribution in [3.8, 4) is 0 Å². The van der Waals surface area contributed by atoms with Gasteiger partial charge in [-0.15, -0.1) is 0 Å². The number of aliphatic carboxylic acids is 1. The number of aliphatic hydroxyl groups is 1. The minimum atomic E-state index is -1.36. The Morgan fingerprint density at radius 3 is 2.73 bits per heavy atom. The summed E-state index contributed by atoms with van der Waals surface area (Å²) >= 11 is 0. The predicted molar refractivity (Wildman–Crippen MR) is 29.6 cm³/mol. The second-order valence-electron chi connectivity index (χ2n) is 1.64. The quantitative estimate of drug-likeness (QED) is 0.198. The van der Waals surface area contributed by atoms with Crippen molar-refractivity contribution in [2.75, 3.05) is 6.54 Å². The molecule has 7 heteroatoms. The number of azide groups is 1. The van der Waals surface area contributed by atoms with Crippen LogP contribution in [0.25, 0.3) is 10.4 Å². The van der Waals surface area contributed by atoms with Crippen molar-refractivity contribution in [2.45, 2.75) is 12.5 Å². The fourth-order valence-corrected chi connectivity index (χ4v) is 0.388. The van der Waals surface area contributed by atoms with Crippen molar-refractivity contribution in [3.05, 3.63) is 10.4 Å². The fraction of sp³-hybridized carbons (Fsp3) is 0.750. The molecule has 0 aliphatic rings. The van der Waals surface area contributed by atoms with Gasteiger partial charge in [-0.25, -0.2) is 0 Å². The number of carbonyl (C=O) groups excluding carboxylic acids is 1. The molecule has 6 nitrogen and oxygen atoms in total. The molecule has 0 aromatic carbocycles. The molecule has 0 bridgehead atoms. The Balaban J connectivity index is 0. The van der Waals surface area contributed by atoms with E-state index in [1.54, 1.807) is 0 Å². The van der Waals surface area contributed by atoms with Crippen molar-refractivity contribution < 1.29 is 44.6 Å². The van der Waals surface area contributed by atoms with E-state index in [0.29, 0.717) is 0 Å². The summed E-state index contributed by atoms with van der Waals surface area (Å²) < 4.78 is 0. The second kappa shape index (κ2) is 7.84. The first kappa shape index (κ1) is 13.3. The predicted octanol–water partition coefficient (Wildman–Crippen LogP) is -4.20. The van der Waals surface area contributed by atoms with Crippen LogP contribution in [0, 0.1) is 0 Å². The smallest absolute Gasteiger partial charge is 0.550 e. The zero-order chi connectivity index (χ0) is 7.98. The number of hydrogen-bond donors (Lipinski definition) is 1. The molecule has 0 aromatic rings. The van der Waals surface area contributed by atoms with E-state index in [9.17, 15) is 9.90 Å². The van der Waals surface area contributed by atoms with Gasteiger partial charge in [-0.2, -0.15) is 0 Å². The zero-order valence-corrected chi connectivity index (χ0v) is 8.10. The third-order valence-electron chi connectivity index (χ3n) is 0.758. The van der Waals surface area contributed by atoms with Crippen LogP contribution in [0.3, 0.4) is 0 Å². The summed E-state index contributed by atoms with van der Waals surface area (Å²) in [5.74, 6) is -1.36. The number of nitrogens with zero attached hydrogens (tertiary/aromatic N) is 3. The van der Waals surface area contributed by atoms with Crippen LogP contribution in [0.15, 0.2) is 5.11 Å². The maximum absolute atomic E-state index is 9.77. The second-order valence-corrected chi connectivity index (χ2v) is 1.64. The van der Waals surface area contributed by atoms with Gasteiger partial charge in [0.2, 0.25) is 0 Å². The third kappa shape index (κ3) is 9.74. The van der Waals surface area contributed by atoms with E-state index in [1.165, 1.54) is 0 Å². The summed E-state index contributed by atoms with van der Waals surface area (Å²) in [6.07, 6.45) is -1.64. The van der Waals surface area contributed by atoms with Crippen LogP contribution in [0.5, 0.6) is 0 Å². The average molecular weight is 167 g/mol. The first-order chi connectivity index (χ1) is 4.66. The largest absolute Gasteiger partial charge is 1.00 e. The Labute approximate surface area is 85.1 Å². The average Bonchev–Trinajstić information content (AvgIpc) is 1.82. The van der Waals surface area contributed by atoms with Gasteiger partial charge in [0.15, 0.2) is 0 Å². The monoisotopic (exact) mass is 167 g/mol. The van der Waals surface area contributed by atoms with Crippen LogP contribution in [-0.2, 0) is 4.79 Å². The molecule has 0 fully saturated rings. The Morgan fingerprint density at radius 2 is 2.36 bits per heavy atom. The number of rotatable bonds is 4. The summed E-state index contributed by atoms with van der Waals surface area (Å²) in [7, 11) is 0. The summed E-state index contributed by atoms with van der Waals surface area (Å²) in [4.78, 5) is 12.1.